The van der Waals surface area contributed by atoms with Crippen molar-refractivity contribution in [1.29, 1.82) is 0 Å². The van der Waals surface area contributed by atoms with Gasteiger partial charge in [-0.25, -0.2) is 0 Å². The number of fused-ring (bicyclic) bond motifs is 1. The van der Waals surface area contributed by atoms with Crippen LogP contribution >= 0.6 is 0 Å². The molecule has 0 aliphatic heterocycles. The SMILES string of the molecule is O=C1CCCc2ccc(-c3ccc(N(c4ccccc4)c4ccccc4)cc3)cc21. The van der Waals surface area contributed by atoms with Crippen LogP contribution in [-0.4, -0.2) is 5.78 Å². The van der Waals surface area contributed by atoms with Crippen LogP contribution in [0, 0.1) is 0 Å². The Morgan fingerprint density at radius 1 is 0.567 bits per heavy atom. The number of hydrogen-bond acceptors (Lipinski definition) is 2. The van der Waals surface area contributed by atoms with Gasteiger partial charge in [-0.2, -0.15) is 0 Å². The quantitative estimate of drug-likeness (QED) is 0.364. The number of para-hydroxylation sites is 2. The largest absolute Gasteiger partial charge is 0.311 e. The molecule has 2 nitrogen and oxygen atoms in total. The van der Waals surface area contributed by atoms with Crippen molar-refractivity contribution >= 4 is 22.8 Å². The Kier molecular flexibility index (Phi) is 4.90. The van der Waals surface area contributed by atoms with Gasteiger partial charge in [0.2, 0.25) is 0 Å². The van der Waals surface area contributed by atoms with Crippen LogP contribution in [0.15, 0.2) is 103 Å². The minimum Gasteiger partial charge on any atom is -0.311 e. The lowest BCUT2D eigenvalue weighted by molar-refractivity contribution is 0.0972. The molecular formula is C28H23NO. The first-order valence-electron chi connectivity index (χ1n) is 10.5. The number of anilines is 3. The topological polar surface area (TPSA) is 20.3 Å². The van der Waals surface area contributed by atoms with Gasteiger partial charge in [0, 0.05) is 29.0 Å². The summed E-state index contributed by atoms with van der Waals surface area (Å²) in [7, 11) is 0. The maximum absolute atomic E-state index is 12.3. The molecule has 0 aromatic heterocycles. The second kappa shape index (κ2) is 8.00. The number of rotatable bonds is 4. The highest BCUT2D eigenvalue weighted by Gasteiger charge is 2.18. The fraction of sp³-hybridized carbons (Fsp3) is 0.107. The molecule has 4 aromatic carbocycles. The Morgan fingerprint density at radius 3 is 1.77 bits per heavy atom. The average Bonchev–Trinajstić information content (AvgIpc) is 2.81. The molecule has 2 heteroatoms. The Morgan fingerprint density at radius 2 is 1.13 bits per heavy atom. The lowest BCUT2D eigenvalue weighted by Gasteiger charge is -2.25. The highest BCUT2D eigenvalue weighted by Crippen LogP contribution is 2.35. The highest BCUT2D eigenvalue weighted by atomic mass is 16.1. The van der Waals surface area contributed by atoms with E-state index in [2.05, 4.69) is 95.9 Å². The number of carbonyl (C=O) groups excluding carboxylic acids is 1. The molecule has 0 heterocycles. The number of ketones is 1. The van der Waals surface area contributed by atoms with Crippen LogP contribution in [0.25, 0.3) is 11.1 Å². The van der Waals surface area contributed by atoms with Gasteiger partial charge >= 0.3 is 0 Å². The van der Waals surface area contributed by atoms with Crippen LogP contribution in [-0.2, 0) is 6.42 Å². The van der Waals surface area contributed by atoms with Crippen molar-refractivity contribution in [3.8, 4) is 11.1 Å². The predicted molar refractivity (Wildman–Crippen MR) is 124 cm³/mol. The summed E-state index contributed by atoms with van der Waals surface area (Å²) < 4.78 is 0. The lowest BCUT2D eigenvalue weighted by atomic mass is 9.88. The van der Waals surface area contributed by atoms with Crippen LogP contribution in [0.3, 0.4) is 0 Å². The van der Waals surface area contributed by atoms with E-state index in [9.17, 15) is 4.79 Å². The molecule has 146 valence electrons. The molecular weight excluding hydrogens is 366 g/mol. The summed E-state index contributed by atoms with van der Waals surface area (Å²) in [6.07, 6.45) is 2.64. The van der Waals surface area contributed by atoms with E-state index in [0.29, 0.717) is 6.42 Å². The van der Waals surface area contributed by atoms with Crippen molar-refractivity contribution in [3.05, 3.63) is 114 Å². The molecule has 0 saturated carbocycles. The minimum atomic E-state index is 0.272. The molecule has 30 heavy (non-hydrogen) atoms. The number of nitrogens with zero attached hydrogens (tertiary/aromatic N) is 1. The van der Waals surface area contributed by atoms with Gasteiger partial charge in [0.25, 0.3) is 0 Å². The number of Topliss-reactive ketones (excluding diaryl/α,β-unsaturated/α-hetero) is 1. The normalized spacial score (nSPS) is 13.0. The zero-order valence-corrected chi connectivity index (χ0v) is 16.8. The average molecular weight is 389 g/mol. The van der Waals surface area contributed by atoms with Gasteiger partial charge in [0.15, 0.2) is 5.78 Å². The van der Waals surface area contributed by atoms with Gasteiger partial charge in [0.1, 0.15) is 0 Å². The van der Waals surface area contributed by atoms with E-state index in [1.165, 1.54) is 5.56 Å². The predicted octanol–water partition coefficient (Wildman–Crippen LogP) is 7.34. The number of benzene rings is 4. The standard InChI is InChI=1S/C28H23NO/c30-28-13-7-8-22-14-15-23(20-27(22)28)21-16-18-26(19-17-21)29(24-9-3-1-4-10-24)25-11-5-2-6-12-25/h1-6,9-12,14-20H,7-8,13H2. The molecule has 0 radical (unpaired) electrons. The zero-order valence-electron chi connectivity index (χ0n) is 16.8. The Balaban J connectivity index is 1.52. The van der Waals surface area contributed by atoms with E-state index in [1.807, 2.05) is 12.1 Å². The fourth-order valence-corrected chi connectivity index (χ4v) is 4.21. The fourth-order valence-electron chi connectivity index (χ4n) is 4.21. The summed E-state index contributed by atoms with van der Waals surface area (Å²) >= 11 is 0. The third kappa shape index (κ3) is 3.53. The summed E-state index contributed by atoms with van der Waals surface area (Å²) in [6.45, 7) is 0. The zero-order chi connectivity index (χ0) is 20.3. The summed E-state index contributed by atoms with van der Waals surface area (Å²) in [5.74, 6) is 0.272. The number of aryl methyl sites for hydroxylation is 1. The minimum absolute atomic E-state index is 0.272. The molecule has 0 fully saturated rings. The van der Waals surface area contributed by atoms with E-state index >= 15 is 0 Å². The molecule has 0 unspecified atom stereocenters. The molecule has 0 saturated heterocycles. The van der Waals surface area contributed by atoms with Crippen molar-refractivity contribution < 1.29 is 4.79 Å². The summed E-state index contributed by atoms with van der Waals surface area (Å²) in [5, 5.41) is 0. The maximum Gasteiger partial charge on any atom is 0.163 e. The summed E-state index contributed by atoms with van der Waals surface area (Å²) in [4.78, 5) is 14.6. The van der Waals surface area contributed by atoms with Crippen molar-refractivity contribution in [2.75, 3.05) is 4.90 Å². The molecule has 1 aliphatic rings. The molecule has 0 spiro atoms. The summed E-state index contributed by atoms with van der Waals surface area (Å²) in [5.41, 5.74) is 7.66. The maximum atomic E-state index is 12.3. The van der Waals surface area contributed by atoms with Crippen LogP contribution in [0.1, 0.15) is 28.8 Å². The smallest absolute Gasteiger partial charge is 0.163 e. The molecule has 5 rings (SSSR count). The van der Waals surface area contributed by atoms with Crippen molar-refractivity contribution in [3.63, 3.8) is 0 Å². The van der Waals surface area contributed by atoms with E-state index < -0.39 is 0 Å². The van der Waals surface area contributed by atoms with Crippen molar-refractivity contribution in [1.82, 2.24) is 0 Å². The third-order valence-corrected chi connectivity index (χ3v) is 5.75. The molecule has 0 atom stereocenters. The first kappa shape index (κ1) is 18.4. The van der Waals surface area contributed by atoms with Crippen LogP contribution in [0.5, 0.6) is 0 Å². The van der Waals surface area contributed by atoms with Gasteiger partial charge in [-0.05, 0) is 72.0 Å². The molecule has 0 bridgehead atoms. The van der Waals surface area contributed by atoms with Gasteiger partial charge in [0.05, 0.1) is 0 Å². The van der Waals surface area contributed by atoms with Crippen LogP contribution in [0.4, 0.5) is 17.1 Å². The second-order valence-electron chi connectivity index (χ2n) is 7.70. The Hall–Kier alpha value is -3.65. The van der Waals surface area contributed by atoms with Gasteiger partial charge in [-0.1, -0.05) is 60.7 Å². The van der Waals surface area contributed by atoms with E-state index in [0.717, 1.165) is 46.6 Å². The Bertz CT molecular complexity index is 1120. The monoisotopic (exact) mass is 389 g/mol. The van der Waals surface area contributed by atoms with Crippen LogP contribution in [0.2, 0.25) is 0 Å². The third-order valence-electron chi connectivity index (χ3n) is 5.75. The second-order valence-corrected chi connectivity index (χ2v) is 7.70. The molecule has 0 amide bonds. The van der Waals surface area contributed by atoms with Gasteiger partial charge in [-0.15, -0.1) is 0 Å². The molecule has 1 aliphatic carbocycles. The van der Waals surface area contributed by atoms with E-state index in [4.69, 9.17) is 0 Å². The van der Waals surface area contributed by atoms with Crippen molar-refractivity contribution in [2.45, 2.75) is 19.3 Å². The summed E-state index contributed by atoms with van der Waals surface area (Å²) in [6, 6.07) is 35.7. The lowest BCUT2D eigenvalue weighted by Crippen LogP contribution is -2.10. The molecule has 4 aromatic rings. The van der Waals surface area contributed by atoms with Crippen LogP contribution < -0.4 is 4.90 Å². The van der Waals surface area contributed by atoms with E-state index in [-0.39, 0.29) is 5.78 Å². The Labute approximate surface area is 177 Å². The molecule has 0 N–H and O–H groups in total. The number of carbonyl (C=O) groups is 1. The van der Waals surface area contributed by atoms with Gasteiger partial charge in [-0.3, -0.25) is 4.79 Å². The first-order chi connectivity index (χ1) is 14.8. The van der Waals surface area contributed by atoms with E-state index in [1.54, 1.807) is 0 Å². The first-order valence-corrected chi connectivity index (χ1v) is 10.5. The number of hydrogen-bond donors (Lipinski definition) is 0. The van der Waals surface area contributed by atoms with Crippen molar-refractivity contribution in [2.24, 2.45) is 0 Å². The van der Waals surface area contributed by atoms with Gasteiger partial charge < -0.3 is 4.90 Å². The highest BCUT2D eigenvalue weighted by molar-refractivity contribution is 5.99.